The number of hydrogen-bond donors (Lipinski definition) is 1. The number of rotatable bonds is 5. The third kappa shape index (κ3) is 3.42. The van der Waals surface area contributed by atoms with Crippen LogP contribution in [0, 0.1) is 0 Å². The minimum Gasteiger partial charge on any atom is -0.477 e. The van der Waals surface area contributed by atoms with Crippen molar-refractivity contribution < 1.29 is 9.84 Å². The van der Waals surface area contributed by atoms with E-state index in [0.29, 0.717) is 29.5 Å². The molecule has 94 valence electrons. The zero-order chi connectivity index (χ0) is 12.8. The van der Waals surface area contributed by atoms with Crippen molar-refractivity contribution in [2.24, 2.45) is 0 Å². The SMILES string of the molecule is OCc1cc(OCCc2ccccn2)ncc1Cl. The summed E-state index contributed by atoms with van der Waals surface area (Å²) in [6, 6.07) is 7.39. The molecule has 0 aliphatic heterocycles. The highest BCUT2D eigenvalue weighted by Crippen LogP contribution is 2.19. The molecule has 0 aliphatic carbocycles. The number of nitrogens with zero attached hydrogens (tertiary/aromatic N) is 2. The Morgan fingerprint density at radius 1 is 1.28 bits per heavy atom. The molecule has 2 aromatic rings. The van der Waals surface area contributed by atoms with Crippen LogP contribution in [0.25, 0.3) is 0 Å². The third-order valence-corrected chi connectivity index (χ3v) is 2.75. The molecule has 0 saturated heterocycles. The van der Waals surface area contributed by atoms with Gasteiger partial charge in [-0.05, 0) is 12.1 Å². The van der Waals surface area contributed by atoms with Gasteiger partial charge in [-0.25, -0.2) is 4.98 Å². The van der Waals surface area contributed by atoms with E-state index < -0.39 is 0 Å². The van der Waals surface area contributed by atoms with Gasteiger partial charge in [0, 0.05) is 36.1 Å². The molecule has 0 atom stereocenters. The van der Waals surface area contributed by atoms with Crippen LogP contribution in [0.15, 0.2) is 36.7 Å². The molecule has 0 unspecified atom stereocenters. The van der Waals surface area contributed by atoms with Gasteiger partial charge in [0.1, 0.15) is 0 Å². The molecule has 0 saturated carbocycles. The van der Waals surface area contributed by atoms with E-state index in [1.54, 1.807) is 12.3 Å². The standard InChI is InChI=1S/C13H13ClN2O2/c14-12-8-16-13(7-10(12)9-17)18-6-4-11-3-1-2-5-15-11/h1-3,5,7-8,17H,4,6,9H2. The first-order chi connectivity index (χ1) is 8.79. The minimum absolute atomic E-state index is 0.127. The minimum atomic E-state index is -0.127. The zero-order valence-corrected chi connectivity index (χ0v) is 10.5. The smallest absolute Gasteiger partial charge is 0.213 e. The Morgan fingerprint density at radius 2 is 2.17 bits per heavy atom. The van der Waals surface area contributed by atoms with Crippen LogP contribution in [-0.4, -0.2) is 21.7 Å². The largest absolute Gasteiger partial charge is 0.477 e. The van der Waals surface area contributed by atoms with Gasteiger partial charge >= 0.3 is 0 Å². The van der Waals surface area contributed by atoms with Gasteiger partial charge in [-0.3, -0.25) is 4.98 Å². The molecule has 0 fully saturated rings. The van der Waals surface area contributed by atoms with Gasteiger partial charge in [0.15, 0.2) is 0 Å². The average molecular weight is 265 g/mol. The molecular weight excluding hydrogens is 252 g/mol. The highest BCUT2D eigenvalue weighted by Gasteiger charge is 2.03. The van der Waals surface area contributed by atoms with E-state index in [2.05, 4.69) is 9.97 Å². The van der Waals surface area contributed by atoms with E-state index >= 15 is 0 Å². The molecule has 5 heteroatoms. The van der Waals surface area contributed by atoms with Gasteiger partial charge in [0.05, 0.1) is 18.2 Å². The summed E-state index contributed by atoms with van der Waals surface area (Å²) in [5, 5.41) is 9.51. The normalized spacial score (nSPS) is 10.3. The Hall–Kier alpha value is -1.65. The molecule has 0 radical (unpaired) electrons. The molecule has 2 aromatic heterocycles. The van der Waals surface area contributed by atoms with Crippen molar-refractivity contribution in [2.75, 3.05) is 6.61 Å². The maximum atomic E-state index is 9.07. The van der Waals surface area contributed by atoms with Crippen LogP contribution in [0.4, 0.5) is 0 Å². The van der Waals surface area contributed by atoms with Gasteiger partial charge in [-0.15, -0.1) is 0 Å². The first kappa shape index (κ1) is 12.8. The van der Waals surface area contributed by atoms with Gasteiger partial charge in [-0.1, -0.05) is 17.7 Å². The van der Waals surface area contributed by atoms with E-state index in [0.717, 1.165) is 5.69 Å². The Kier molecular flexibility index (Phi) is 4.50. The summed E-state index contributed by atoms with van der Waals surface area (Å²) >= 11 is 5.84. The van der Waals surface area contributed by atoms with Crippen LogP contribution in [0.2, 0.25) is 5.02 Å². The number of aliphatic hydroxyl groups excluding tert-OH is 1. The summed E-state index contributed by atoms with van der Waals surface area (Å²) in [5.41, 5.74) is 1.58. The zero-order valence-electron chi connectivity index (χ0n) is 9.71. The summed E-state index contributed by atoms with van der Waals surface area (Å²) < 4.78 is 5.49. The maximum Gasteiger partial charge on any atom is 0.213 e. The van der Waals surface area contributed by atoms with E-state index in [-0.39, 0.29) is 6.61 Å². The second-order valence-corrected chi connectivity index (χ2v) is 4.10. The second-order valence-electron chi connectivity index (χ2n) is 3.69. The fourth-order valence-electron chi connectivity index (χ4n) is 1.46. The average Bonchev–Trinajstić information content (AvgIpc) is 2.42. The quantitative estimate of drug-likeness (QED) is 0.900. The monoisotopic (exact) mass is 264 g/mol. The second kappa shape index (κ2) is 6.33. The van der Waals surface area contributed by atoms with Crippen LogP contribution in [0.3, 0.4) is 0 Å². The van der Waals surface area contributed by atoms with Gasteiger partial charge < -0.3 is 9.84 Å². The molecule has 1 N–H and O–H groups in total. The van der Waals surface area contributed by atoms with Crippen molar-refractivity contribution in [1.29, 1.82) is 0 Å². The van der Waals surface area contributed by atoms with Crippen molar-refractivity contribution in [2.45, 2.75) is 13.0 Å². The summed E-state index contributed by atoms with van der Waals surface area (Å²) in [6.45, 7) is 0.356. The first-order valence-electron chi connectivity index (χ1n) is 5.57. The predicted molar refractivity (Wildman–Crippen MR) is 68.6 cm³/mol. The van der Waals surface area contributed by atoms with Crippen LogP contribution in [0.5, 0.6) is 5.88 Å². The molecule has 0 bridgehead atoms. The van der Waals surface area contributed by atoms with Crippen molar-refractivity contribution in [3.63, 3.8) is 0 Å². The van der Waals surface area contributed by atoms with E-state index in [9.17, 15) is 0 Å². The fraction of sp³-hybridized carbons (Fsp3) is 0.231. The summed E-state index contributed by atoms with van der Waals surface area (Å²) in [7, 11) is 0. The third-order valence-electron chi connectivity index (χ3n) is 2.41. The van der Waals surface area contributed by atoms with Gasteiger partial charge in [-0.2, -0.15) is 0 Å². The van der Waals surface area contributed by atoms with Crippen LogP contribution >= 0.6 is 11.6 Å². The van der Waals surface area contributed by atoms with Crippen molar-refractivity contribution in [3.8, 4) is 5.88 Å². The lowest BCUT2D eigenvalue weighted by atomic mass is 10.3. The molecule has 0 aliphatic rings. The van der Waals surface area contributed by atoms with Gasteiger partial charge in [0.2, 0.25) is 5.88 Å². The summed E-state index contributed by atoms with van der Waals surface area (Å²) in [4.78, 5) is 8.23. The first-order valence-corrected chi connectivity index (χ1v) is 5.95. The summed E-state index contributed by atoms with van der Waals surface area (Å²) in [6.07, 6.45) is 3.93. The van der Waals surface area contributed by atoms with E-state index in [1.807, 2.05) is 18.2 Å². The predicted octanol–water partition coefficient (Wildman–Crippen LogP) is 2.24. The van der Waals surface area contributed by atoms with E-state index in [1.165, 1.54) is 6.20 Å². The topological polar surface area (TPSA) is 55.2 Å². The Morgan fingerprint density at radius 3 is 2.89 bits per heavy atom. The molecule has 2 heterocycles. The molecule has 0 aromatic carbocycles. The highest BCUT2D eigenvalue weighted by molar-refractivity contribution is 6.31. The van der Waals surface area contributed by atoms with Gasteiger partial charge in [0.25, 0.3) is 0 Å². The number of aromatic nitrogens is 2. The lowest BCUT2D eigenvalue weighted by Gasteiger charge is -2.07. The molecule has 4 nitrogen and oxygen atoms in total. The number of ether oxygens (including phenoxy) is 1. The number of halogens is 1. The van der Waals surface area contributed by atoms with E-state index in [4.69, 9.17) is 21.4 Å². The number of hydrogen-bond acceptors (Lipinski definition) is 4. The molecular formula is C13H13ClN2O2. The highest BCUT2D eigenvalue weighted by atomic mass is 35.5. The van der Waals surface area contributed by atoms with Crippen molar-refractivity contribution in [1.82, 2.24) is 9.97 Å². The molecule has 0 spiro atoms. The molecule has 18 heavy (non-hydrogen) atoms. The Balaban J connectivity index is 1.91. The lowest BCUT2D eigenvalue weighted by Crippen LogP contribution is -2.04. The molecule has 0 amide bonds. The summed E-state index contributed by atoms with van der Waals surface area (Å²) in [5.74, 6) is 0.458. The van der Waals surface area contributed by atoms with Crippen molar-refractivity contribution >= 4 is 11.6 Å². The van der Waals surface area contributed by atoms with Crippen LogP contribution < -0.4 is 4.74 Å². The Labute approximate surface area is 110 Å². The fourth-order valence-corrected chi connectivity index (χ4v) is 1.63. The lowest BCUT2D eigenvalue weighted by molar-refractivity contribution is 0.277. The number of aliphatic hydroxyl groups is 1. The molecule has 2 rings (SSSR count). The van der Waals surface area contributed by atoms with Crippen LogP contribution in [0.1, 0.15) is 11.3 Å². The van der Waals surface area contributed by atoms with Crippen molar-refractivity contribution in [3.05, 3.63) is 52.9 Å². The maximum absolute atomic E-state index is 9.07. The van der Waals surface area contributed by atoms with Crippen LogP contribution in [-0.2, 0) is 13.0 Å². The Bertz CT molecular complexity index is 506. The number of pyridine rings is 2.